The minimum absolute atomic E-state index is 0.162. The van der Waals surface area contributed by atoms with Gasteiger partial charge in [0.25, 0.3) is 0 Å². The van der Waals surface area contributed by atoms with Crippen LogP contribution in [0, 0.1) is 0 Å². The van der Waals surface area contributed by atoms with Crippen molar-refractivity contribution in [1.82, 2.24) is 25.2 Å². The second-order valence-electron chi connectivity index (χ2n) is 4.51. The van der Waals surface area contributed by atoms with Crippen molar-refractivity contribution in [2.24, 2.45) is 0 Å². The molecule has 0 atom stereocenters. The van der Waals surface area contributed by atoms with Crippen LogP contribution in [0.25, 0.3) is 5.69 Å². The zero-order chi connectivity index (χ0) is 15.4. The van der Waals surface area contributed by atoms with E-state index in [0.29, 0.717) is 10.8 Å². The van der Waals surface area contributed by atoms with E-state index in [0.717, 1.165) is 11.3 Å². The summed E-state index contributed by atoms with van der Waals surface area (Å²) in [5.41, 5.74) is 1.70. The first-order valence-electron chi connectivity index (χ1n) is 6.44. The molecule has 0 fully saturated rings. The molecule has 0 bridgehead atoms. The molecule has 22 heavy (non-hydrogen) atoms. The number of nitrogens with one attached hydrogen (secondary N) is 1. The van der Waals surface area contributed by atoms with E-state index in [4.69, 9.17) is 11.6 Å². The standard InChI is InChI=1S/C14H11ClN6O/c15-11-5-6-16-13(8-11)18-14(22)7-10-1-3-12(4-2-10)21-9-17-19-20-21/h1-6,8-9H,7H2,(H,16,18,22). The van der Waals surface area contributed by atoms with Gasteiger partial charge in [-0.3, -0.25) is 4.79 Å². The van der Waals surface area contributed by atoms with Crippen LogP contribution in [-0.2, 0) is 11.2 Å². The van der Waals surface area contributed by atoms with Crippen LogP contribution < -0.4 is 5.32 Å². The zero-order valence-corrected chi connectivity index (χ0v) is 12.1. The summed E-state index contributed by atoms with van der Waals surface area (Å²) >= 11 is 5.85. The number of nitrogens with zero attached hydrogens (tertiary/aromatic N) is 5. The molecule has 3 rings (SSSR count). The van der Waals surface area contributed by atoms with Gasteiger partial charge < -0.3 is 5.32 Å². The van der Waals surface area contributed by atoms with E-state index in [1.54, 1.807) is 23.0 Å². The molecule has 110 valence electrons. The van der Waals surface area contributed by atoms with E-state index in [1.165, 1.54) is 6.33 Å². The maximum atomic E-state index is 12.0. The Morgan fingerprint density at radius 1 is 1.23 bits per heavy atom. The van der Waals surface area contributed by atoms with Gasteiger partial charge in [-0.25, -0.2) is 9.67 Å². The molecule has 3 aromatic rings. The van der Waals surface area contributed by atoms with Crippen molar-refractivity contribution in [3.63, 3.8) is 0 Å². The van der Waals surface area contributed by atoms with Crippen molar-refractivity contribution in [3.8, 4) is 5.69 Å². The molecule has 7 nitrogen and oxygen atoms in total. The molecule has 0 aliphatic rings. The van der Waals surface area contributed by atoms with Crippen LogP contribution in [0.4, 0.5) is 5.82 Å². The summed E-state index contributed by atoms with van der Waals surface area (Å²) in [4.78, 5) is 16.0. The molecule has 1 aromatic carbocycles. The van der Waals surface area contributed by atoms with E-state index in [1.807, 2.05) is 24.3 Å². The number of halogens is 1. The third-order valence-electron chi connectivity index (χ3n) is 2.90. The molecule has 0 saturated heterocycles. The van der Waals surface area contributed by atoms with Crippen LogP contribution in [0.15, 0.2) is 48.9 Å². The molecule has 0 saturated carbocycles. The van der Waals surface area contributed by atoms with Crippen molar-refractivity contribution in [3.05, 3.63) is 59.5 Å². The molecule has 0 unspecified atom stereocenters. The fourth-order valence-electron chi connectivity index (χ4n) is 1.89. The first-order chi connectivity index (χ1) is 10.7. The van der Waals surface area contributed by atoms with Gasteiger partial charge in [0.2, 0.25) is 5.91 Å². The number of carbonyl (C=O) groups excluding carboxylic acids is 1. The minimum Gasteiger partial charge on any atom is -0.310 e. The number of hydrogen-bond acceptors (Lipinski definition) is 5. The van der Waals surface area contributed by atoms with Gasteiger partial charge in [0.15, 0.2) is 0 Å². The number of carbonyl (C=O) groups is 1. The SMILES string of the molecule is O=C(Cc1ccc(-n2cnnn2)cc1)Nc1cc(Cl)ccn1. The molecule has 0 aliphatic heterocycles. The lowest BCUT2D eigenvalue weighted by Gasteiger charge is -2.05. The Hall–Kier alpha value is -2.80. The highest BCUT2D eigenvalue weighted by Gasteiger charge is 2.06. The number of hydrogen-bond donors (Lipinski definition) is 1. The number of anilines is 1. The van der Waals surface area contributed by atoms with Crippen LogP contribution >= 0.6 is 11.6 Å². The van der Waals surface area contributed by atoms with Crippen molar-refractivity contribution >= 4 is 23.3 Å². The van der Waals surface area contributed by atoms with Crippen molar-refractivity contribution < 1.29 is 4.79 Å². The molecule has 1 amide bonds. The van der Waals surface area contributed by atoms with Gasteiger partial charge in [0.05, 0.1) is 12.1 Å². The summed E-state index contributed by atoms with van der Waals surface area (Å²) in [6.07, 6.45) is 3.29. The summed E-state index contributed by atoms with van der Waals surface area (Å²) in [6.45, 7) is 0. The average Bonchev–Trinajstić information content (AvgIpc) is 3.02. The quantitative estimate of drug-likeness (QED) is 0.795. The van der Waals surface area contributed by atoms with Crippen LogP contribution in [0.2, 0.25) is 5.02 Å². The van der Waals surface area contributed by atoms with Gasteiger partial charge in [-0.2, -0.15) is 0 Å². The molecule has 0 radical (unpaired) electrons. The number of pyridine rings is 1. The Kier molecular flexibility index (Phi) is 4.06. The molecule has 2 aromatic heterocycles. The van der Waals surface area contributed by atoms with Gasteiger partial charge in [-0.15, -0.1) is 5.10 Å². The Labute approximate surface area is 130 Å². The first kappa shape index (κ1) is 14.2. The molecule has 2 heterocycles. The molecule has 0 aliphatic carbocycles. The second-order valence-corrected chi connectivity index (χ2v) is 4.94. The van der Waals surface area contributed by atoms with Gasteiger partial charge in [-0.1, -0.05) is 23.7 Å². The van der Waals surface area contributed by atoms with Gasteiger partial charge in [-0.05, 0) is 40.3 Å². The van der Waals surface area contributed by atoms with Gasteiger partial charge >= 0.3 is 0 Å². The predicted molar refractivity (Wildman–Crippen MR) is 80.7 cm³/mol. The minimum atomic E-state index is -0.162. The molecular formula is C14H11ClN6O. The highest BCUT2D eigenvalue weighted by molar-refractivity contribution is 6.30. The Morgan fingerprint density at radius 3 is 2.73 bits per heavy atom. The topological polar surface area (TPSA) is 85.6 Å². The summed E-state index contributed by atoms with van der Waals surface area (Å²) in [5, 5.41) is 14.2. The van der Waals surface area contributed by atoms with Crippen LogP contribution in [0.3, 0.4) is 0 Å². The fraction of sp³-hybridized carbons (Fsp3) is 0.0714. The monoisotopic (exact) mass is 314 g/mol. The number of amides is 1. The van der Waals surface area contributed by atoms with Crippen LogP contribution in [-0.4, -0.2) is 31.1 Å². The molecule has 0 spiro atoms. The average molecular weight is 315 g/mol. The highest BCUT2D eigenvalue weighted by Crippen LogP contribution is 2.13. The van der Waals surface area contributed by atoms with Gasteiger partial charge in [0.1, 0.15) is 12.1 Å². The van der Waals surface area contributed by atoms with Crippen molar-refractivity contribution in [1.29, 1.82) is 0 Å². The Morgan fingerprint density at radius 2 is 2.05 bits per heavy atom. The zero-order valence-electron chi connectivity index (χ0n) is 11.3. The Balaban J connectivity index is 1.64. The summed E-state index contributed by atoms with van der Waals surface area (Å²) < 4.78 is 1.54. The number of rotatable bonds is 4. The number of benzene rings is 1. The molecule has 1 N–H and O–H groups in total. The van der Waals surface area contributed by atoms with Crippen LogP contribution in [0.5, 0.6) is 0 Å². The lowest BCUT2D eigenvalue weighted by atomic mass is 10.1. The largest absolute Gasteiger partial charge is 0.310 e. The van der Waals surface area contributed by atoms with E-state index in [-0.39, 0.29) is 12.3 Å². The van der Waals surface area contributed by atoms with E-state index >= 15 is 0 Å². The summed E-state index contributed by atoms with van der Waals surface area (Å²) in [6, 6.07) is 10.6. The molecular weight excluding hydrogens is 304 g/mol. The van der Waals surface area contributed by atoms with Crippen molar-refractivity contribution in [2.45, 2.75) is 6.42 Å². The smallest absolute Gasteiger partial charge is 0.229 e. The highest BCUT2D eigenvalue weighted by atomic mass is 35.5. The number of tetrazole rings is 1. The first-order valence-corrected chi connectivity index (χ1v) is 6.82. The lowest BCUT2D eigenvalue weighted by molar-refractivity contribution is -0.115. The van der Waals surface area contributed by atoms with E-state index in [9.17, 15) is 4.79 Å². The van der Waals surface area contributed by atoms with Crippen LogP contribution in [0.1, 0.15) is 5.56 Å². The van der Waals surface area contributed by atoms with Crippen molar-refractivity contribution in [2.75, 3.05) is 5.32 Å². The summed E-state index contributed by atoms with van der Waals surface area (Å²) in [5.74, 6) is 0.271. The fourth-order valence-corrected chi connectivity index (χ4v) is 2.05. The lowest BCUT2D eigenvalue weighted by Crippen LogP contribution is -2.15. The normalized spacial score (nSPS) is 10.4. The predicted octanol–water partition coefficient (Wildman–Crippen LogP) is 1.89. The second kappa shape index (κ2) is 6.31. The third kappa shape index (κ3) is 3.44. The Bertz CT molecular complexity index is 772. The summed E-state index contributed by atoms with van der Waals surface area (Å²) in [7, 11) is 0. The molecule has 8 heteroatoms. The van der Waals surface area contributed by atoms with E-state index < -0.39 is 0 Å². The van der Waals surface area contributed by atoms with E-state index in [2.05, 4.69) is 25.8 Å². The number of aromatic nitrogens is 5. The van der Waals surface area contributed by atoms with Gasteiger partial charge in [0, 0.05) is 11.2 Å². The maximum absolute atomic E-state index is 12.0. The maximum Gasteiger partial charge on any atom is 0.229 e. The third-order valence-corrected chi connectivity index (χ3v) is 3.14.